The summed E-state index contributed by atoms with van der Waals surface area (Å²) in [4.78, 5) is 15.1. The molecule has 0 saturated heterocycles. The molecule has 2 aromatic heterocycles. The zero-order valence-corrected chi connectivity index (χ0v) is 11.5. The molecule has 0 aromatic carbocycles. The van der Waals surface area contributed by atoms with E-state index in [1.165, 1.54) is 0 Å². The molecule has 0 bridgehead atoms. The highest BCUT2D eigenvalue weighted by atomic mass is 79.9. The molecule has 0 spiro atoms. The summed E-state index contributed by atoms with van der Waals surface area (Å²) in [5.74, 6) is 2.25. The van der Waals surface area contributed by atoms with Crippen LogP contribution < -0.4 is 9.64 Å². The van der Waals surface area contributed by atoms with Gasteiger partial charge in [0.1, 0.15) is 5.82 Å². The molecule has 0 aliphatic carbocycles. The standard InChI is InChI=1S/C11H12BrN5O/c1-18-10-8(12)6-14-11(15-10)17-5-4-16-3-2-13-9(16)7-17/h2-3,6H,4-5,7H2,1H3. The van der Waals surface area contributed by atoms with Crippen LogP contribution in [0.3, 0.4) is 0 Å². The zero-order chi connectivity index (χ0) is 12.5. The van der Waals surface area contributed by atoms with E-state index in [4.69, 9.17) is 4.74 Å². The van der Waals surface area contributed by atoms with E-state index in [9.17, 15) is 0 Å². The van der Waals surface area contributed by atoms with Crippen molar-refractivity contribution in [3.8, 4) is 5.88 Å². The molecule has 0 atom stereocenters. The highest BCUT2D eigenvalue weighted by molar-refractivity contribution is 9.10. The first-order valence-electron chi connectivity index (χ1n) is 5.59. The van der Waals surface area contributed by atoms with Crippen LogP contribution in [0.2, 0.25) is 0 Å². The second-order valence-electron chi connectivity index (χ2n) is 3.99. The van der Waals surface area contributed by atoms with E-state index in [0.29, 0.717) is 11.8 Å². The normalized spacial score (nSPS) is 14.4. The maximum Gasteiger partial charge on any atom is 0.232 e. The summed E-state index contributed by atoms with van der Waals surface area (Å²) in [6.45, 7) is 2.49. The molecule has 7 heteroatoms. The molecule has 0 N–H and O–H groups in total. The van der Waals surface area contributed by atoms with Gasteiger partial charge in [-0.1, -0.05) is 0 Å². The predicted octanol–water partition coefficient (Wildman–Crippen LogP) is 1.46. The molecule has 0 saturated carbocycles. The van der Waals surface area contributed by atoms with Crippen LogP contribution >= 0.6 is 15.9 Å². The highest BCUT2D eigenvalue weighted by Gasteiger charge is 2.19. The van der Waals surface area contributed by atoms with Gasteiger partial charge in [-0.15, -0.1) is 0 Å². The van der Waals surface area contributed by atoms with Gasteiger partial charge in [0.2, 0.25) is 11.8 Å². The molecule has 0 radical (unpaired) electrons. The fourth-order valence-corrected chi connectivity index (χ4v) is 2.34. The number of halogens is 1. The van der Waals surface area contributed by atoms with E-state index < -0.39 is 0 Å². The van der Waals surface area contributed by atoms with Gasteiger partial charge < -0.3 is 14.2 Å². The molecule has 1 aliphatic heterocycles. The SMILES string of the molecule is COc1nc(N2CCn3ccnc3C2)ncc1Br. The Labute approximate surface area is 113 Å². The number of fused-ring (bicyclic) bond motifs is 1. The molecule has 0 unspecified atom stereocenters. The Hall–Kier alpha value is -1.63. The zero-order valence-electron chi connectivity index (χ0n) is 9.88. The minimum absolute atomic E-state index is 0.550. The molecule has 1 aliphatic rings. The summed E-state index contributed by atoms with van der Waals surface area (Å²) >= 11 is 3.35. The third-order valence-corrected chi connectivity index (χ3v) is 3.46. The third kappa shape index (κ3) is 1.94. The number of imidazole rings is 1. The Bertz CT molecular complexity index is 570. The molecule has 2 aromatic rings. The lowest BCUT2D eigenvalue weighted by Gasteiger charge is -2.27. The summed E-state index contributed by atoms with van der Waals surface area (Å²) < 4.78 is 8.09. The average Bonchev–Trinajstić information content (AvgIpc) is 2.86. The van der Waals surface area contributed by atoms with Gasteiger partial charge >= 0.3 is 0 Å². The minimum Gasteiger partial charge on any atom is -0.480 e. The Balaban J connectivity index is 1.88. The van der Waals surface area contributed by atoms with Gasteiger partial charge in [-0.2, -0.15) is 4.98 Å². The van der Waals surface area contributed by atoms with E-state index in [2.05, 4.69) is 40.3 Å². The second kappa shape index (κ2) is 4.56. The van der Waals surface area contributed by atoms with E-state index in [-0.39, 0.29) is 0 Å². The summed E-state index contributed by atoms with van der Waals surface area (Å²) in [6, 6.07) is 0. The molecule has 94 valence electrons. The first-order chi connectivity index (χ1) is 8.78. The van der Waals surface area contributed by atoms with E-state index >= 15 is 0 Å². The maximum atomic E-state index is 5.19. The fraction of sp³-hybridized carbons (Fsp3) is 0.364. The van der Waals surface area contributed by atoms with Gasteiger partial charge in [0.25, 0.3) is 0 Å². The van der Waals surface area contributed by atoms with Crippen molar-refractivity contribution in [3.63, 3.8) is 0 Å². The van der Waals surface area contributed by atoms with Crippen LogP contribution in [0.4, 0.5) is 5.95 Å². The number of hydrogen-bond donors (Lipinski definition) is 0. The maximum absolute atomic E-state index is 5.19. The minimum atomic E-state index is 0.550. The summed E-state index contributed by atoms with van der Waals surface area (Å²) in [5.41, 5.74) is 0. The Kier molecular flexibility index (Phi) is 2.91. The van der Waals surface area contributed by atoms with Crippen LogP contribution in [-0.4, -0.2) is 33.2 Å². The lowest BCUT2D eigenvalue weighted by atomic mass is 10.4. The number of aromatic nitrogens is 4. The van der Waals surface area contributed by atoms with E-state index in [0.717, 1.165) is 29.9 Å². The first kappa shape index (κ1) is 11.5. The van der Waals surface area contributed by atoms with Crippen LogP contribution in [-0.2, 0) is 13.1 Å². The van der Waals surface area contributed by atoms with Crippen LogP contribution in [0.25, 0.3) is 0 Å². The second-order valence-corrected chi connectivity index (χ2v) is 4.84. The van der Waals surface area contributed by atoms with Crippen molar-refractivity contribution < 1.29 is 4.74 Å². The topological polar surface area (TPSA) is 56.1 Å². The van der Waals surface area contributed by atoms with Crippen molar-refractivity contribution in [1.29, 1.82) is 0 Å². The number of ether oxygens (including phenoxy) is 1. The van der Waals surface area contributed by atoms with Gasteiger partial charge in [0, 0.05) is 25.5 Å². The quantitative estimate of drug-likeness (QED) is 0.840. The average molecular weight is 310 g/mol. The Morgan fingerprint density at radius 3 is 3.06 bits per heavy atom. The van der Waals surface area contributed by atoms with Crippen molar-refractivity contribution >= 4 is 21.9 Å². The van der Waals surface area contributed by atoms with Crippen molar-refractivity contribution in [2.24, 2.45) is 0 Å². The third-order valence-electron chi connectivity index (χ3n) is 2.92. The van der Waals surface area contributed by atoms with E-state index in [1.54, 1.807) is 13.3 Å². The first-order valence-corrected chi connectivity index (χ1v) is 6.38. The fourth-order valence-electron chi connectivity index (χ4n) is 1.98. The van der Waals surface area contributed by atoms with Crippen LogP contribution in [0.1, 0.15) is 5.82 Å². The van der Waals surface area contributed by atoms with Crippen molar-refractivity contribution in [3.05, 3.63) is 28.9 Å². The van der Waals surface area contributed by atoms with Gasteiger partial charge in [-0.3, -0.25) is 0 Å². The highest BCUT2D eigenvalue weighted by Crippen LogP contribution is 2.24. The van der Waals surface area contributed by atoms with Gasteiger partial charge in [-0.05, 0) is 15.9 Å². The van der Waals surface area contributed by atoms with Crippen LogP contribution in [0, 0.1) is 0 Å². The Morgan fingerprint density at radius 2 is 2.22 bits per heavy atom. The summed E-state index contributed by atoms with van der Waals surface area (Å²) in [5, 5.41) is 0. The van der Waals surface area contributed by atoms with Crippen molar-refractivity contribution in [1.82, 2.24) is 19.5 Å². The van der Waals surface area contributed by atoms with Gasteiger partial charge in [0.05, 0.1) is 24.3 Å². The molecule has 0 amide bonds. The Morgan fingerprint density at radius 1 is 1.33 bits per heavy atom. The predicted molar refractivity (Wildman–Crippen MR) is 69.6 cm³/mol. The molecular formula is C11H12BrN5O. The van der Waals surface area contributed by atoms with Crippen molar-refractivity contribution in [2.45, 2.75) is 13.1 Å². The molecule has 0 fully saturated rings. The lowest BCUT2D eigenvalue weighted by molar-refractivity contribution is 0.393. The molecule has 3 heterocycles. The lowest BCUT2D eigenvalue weighted by Crippen LogP contribution is -2.34. The molecule has 18 heavy (non-hydrogen) atoms. The van der Waals surface area contributed by atoms with E-state index in [1.807, 2.05) is 12.4 Å². The van der Waals surface area contributed by atoms with Crippen molar-refractivity contribution in [2.75, 3.05) is 18.6 Å². The molecule has 6 nitrogen and oxygen atoms in total. The largest absolute Gasteiger partial charge is 0.480 e. The number of rotatable bonds is 2. The molecule has 3 rings (SSSR count). The molecular weight excluding hydrogens is 298 g/mol. The number of anilines is 1. The number of hydrogen-bond acceptors (Lipinski definition) is 5. The monoisotopic (exact) mass is 309 g/mol. The smallest absolute Gasteiger partial charge is 0.232 e. The summed E-state index contributed by atoms with van der Waals surface area (Å²) in [7, 11) is 1.60. The van der Waals surface area contributed by atoms with Gasteiger partial charge in [0.15, 0.2) is 0 Å². The van der Waals surface area contributed by atoms with Crippen LogP contribution in [0.15, 0.2) is 23.1 Å². The van der Waals surface area contributed by atoms with Gasteiger partial charge in [-0.25, -0.2) is 9.97 Å². The number of methoxy groups -OCH3 is 1. The summed E-state index contributed by atoms with van der Waals surface area (Å²) in [6.07, 6.45) is 5.53. The number of nitrogens with zero attached hydrogens (tertiary/aromatic N) is 5. The van der Waals surface area contributed by atoms with Crippen LogP contribution in [0.5, 0.6) is 5.88 Å².